The highest BCUT2D eigenvalue weighted by atomic mass is 15.1. The number of rotatable bonds is 26. The summed E-state index contributed by atoms with van der Waals surface area (Å²) in [5.74, 6) is 0. The fourth-order valence-corrected chi connectivity index (χ4v) is 4.66. The van der Waals surface area contributed by atoms with Gasteiger partial charge in [-0.2, -0.15) is 0 Å². The van der Waals surface area contributed by atoms with Crippen LogP contribution in [-0.2, 0) is 0 Å². The lowest BCUT2D eigenvalue weighted by atomic mass is 10.0. The molecule has 0 N–H and O–H groups in total. The second kappa shape index (κ2) is 27.0. The third kappa shape index (κ3) is 24.2. The van der Waals surface area contributed by atoms with Gasteiger partial charge in [0.1, 0.15) is 0 Å². The highest BCUT2D eigenvalue weighted by Crippen LogP contribution is 2.15. The van der Waals surface area contributed by atoms with Crippen LogP contribution in [0.2, 0.25) is 0 Å². The first-order chi connectivity index (χ1) is 14.8. The van der Waals surface area contributed by atoms with Gasteiger partial charge >= 0.3 is 0 Å². The van der Waals surface area contributed by atoms with E-state index in [1.807, 2.05) is 0 Å². The Bertz CT molecular complexity index is 284. The maximum Gasteiger partial charge on any atom is -0.00190 e. The van der Waals surface area contributed by atoms with Crippen LogP contribution < -0.4 is 0 Å². The predicted octanol–water partition coefficient (Wildman–Crippen LogP) is 10.3. The molecular weight excluding hydrogens is 362 g/mol. The third-order valence-corrected chi connectivity index (χ3v) is 6.97. The normalized spacial score (nSPS) is 11.6. The van der Waals surface area contributed by atoms with Gasteiger partial charge in [-0.3, -0.25) is 0 Å². The van der Waals surface area contributed by atoms with Gasteiger partial charge in [0.05, 0.1) is 0 Å². The standard InChI is InChI=1S/C29H61N/c1-4-7-8-9-10-11-12-13-14-15-16-17-18-19-20-21-22-23-24-25-26-27-28-29-30(5-2)6-3/h4-29H2,1-3H3. The minimum atomic E-state index is 1.22. The summed E-state index contributed by atoms with van der Waals surface area (Å²) in [7, 11) is 0. The number of hydrogen-bond donors (Lipinski definition) is 0. The second-order valence-corrected chi connectivity index (χ2v) is 9.81. The van der Waals surface area contributed by atoms with Crippen molar-refractivity contribution in [2.75, 3.05) is 19.6 Å². The predicted molar refractivity (Wildman–Crippen MR) is 140 cm³/mol. The number of nitrogens with zero attached hydrogens (tertiary/aromatic N) is 1. The van der Waals surface area contributed by atoms with Gasteiger partial charge in [0.25, 0.3) is 0 Å². The minimum absolute atomic E-state index is 1.22. The van der Waals surface area contributed by atoms with E-state index in [4.69, 9.17) is 0 Å². The highest BCUT2D eigenvalue weighted by molar-refractivity contribution is 4.54. The Hall–Kier alpha value is -0.0400. The zero-order valence-electron chi connectivity index (χ0n) is 21.8. The van der Waals surface area contributed by atoms with Crippen LogP contribution >= 0.6 is 0 Å². The summed E-state index contributed by atoms with van der Waals surface area (Å²) in [4.78, 5) is 2.55. The molecule has 0 bridgehead atoms. The molecule has 0 rings (SSSR count). The van der Waals surface area contributed by atoms with Crippen molar-refractivity contribution in [2.45, 2.75) is 168 Å². The molecule has 182 valence electrons. The summed E-state index contributed by atoms with van der Waals surface area (Å²) in [6.07, 6.45) is 33.8. The van der Waals surface area contributed by atoms with Crippen molar-refractivity contribution in [1.82, 2.24) is 4.90 Å². The fraction of sp³-hybridized carbons (Fsp3) is 1.00. The zero-order valence-corrected chi connectivity index (χ0v) is 21.8. The Morgan fingerprint density at radius 3 is 0.767 bits per heavy atom. The largest absolute Gasteiger partial charge is 0.304 e. The van der Waals surface area contributed by atoms with Crippen molar-refractivity contribution >= 4 is 0 Å². The first-order valence-corrected chi connectivity index (χ1v) is 14.6. The Morgan fingerprint density at radius 2 is 0.533 bits per heavy atom. The summed E-state index contributed by atoms with van der Waals surface area (Å²) in [6.45, 7) is 10.6. The van der Waals surface area contributed by atoms with Crippen molar-refractivity contribution in [3.8, 4) is 0 Å². The van der Waals surface area contributed by atoms with E-state index in [1.54, 1.807) is 0 Å². The van der Waals surface area contributed by atoms with E-state index in [0.717, 1.165) is 0 Å². The molecule has 0 aromatic heterocycles. The van der Waals surface area contributed by atoms with Gasteiger partial charge in [-0.05, 0) is 26.1 Å². The molecule has 0 aliphatic rings. The summed E-state index contributed by atoms with van der Waals surface area (Å²) >= 11 is 0. The average Bonchev–Trinajstić information content (AvgIpc) is 2.77. The van der Waals surface area contributed by atoms with Crippen LogP contribution in [0.4, 0.5) is 0 Å². The van der Waals surface area contributed by atoms with Crippen LogP contribution in [0.1, 0.15) is 168 Å². The van der Waals surface area contributed by atoms with Crippen LogP contribution in [0, 0.1) is 0 Å². The fourth-order valence-electron chi connectivity index (χ4n) is 4.66. The zero-order chi connectivity index (χ0) is 22.0. The van der Waals surface area contributed by atoms with Crippen molar-refractivity contribution in [3.63, 3.8) is 0 Å². The molecule has 0 heterocycles. The van der Waals surface area contributed by atoms with Gasteiger partial charge in [-0.25, -0.2) is 0 Å². The molecule has 0 aromatic carbocycles. The molecular formula is C29H61N. The molecule has 1 heteroatoms. The van der Waals surface area contributed by atoms with E-state index in [1.165, 1.54) is 167 Å². The van der Waals surface area contributed by atoms with Gasteiger partial charge in [0.2, 0.25) is 0 Å². The van der Waals surface area contributed by atoms with E-state index in [0.29, 0.717) is 0 Å². The van der Waals surface area contributed by atoms with Crippen LogP contribution in [-0.4, -0.2) is 24.5 Å². The quantitative estimate of drug-likeness (QED) is 0.125. The van der Waals surface area contributed by atoms with Crippen molar-refractivity contribution < 1.29 is 0 Å². The van der Waals surface area contributed by atoms with Gasteiger partial charge in [-0.1, -0.05) is 162 Å². The molecule has 30 heavy (non-hydrogen) atoms. The molecule has 0 fully saturated rings. The van der Waals surface area contributed by atoms with E-state index in [9.17, 15) is 0 Å². The average molecular weight is 424 g/mol. The molecule has 0 aromatic rings. The van der Waals surface area contributed by atoms with Crippen LogP contribution in [0.5, 0.6) is 0 Å². The first kappa shape index (κ1) is 30.0. The van der Waals surface area contributed by atoms with E-state index in [-0.39, 0.29) is 0 Å². The Morgan fingerprint density at radius 1 is 0.300 bits per heavy atom. The molecule has 0 aliphatic carbocycles. The molecule has 0 unspecified atom stereocenters. The van der Waals surface area contributed by atoms with E-state index in [2.05, 4.69) is 25.7 Å². The first-order valence-electron chi connectivity index (χ1n) is 14.6. The van der Waals surface area contributed by atoms with E-state index >= 15 is 0 Å². The van der Waals surface area contributed by atoms with Crippen molar-refractivity contribution in [1.29, 1.82) is 0 Å². The molecule has 0 amide bonds. The second-order valence-electron chi connectivity index (χ2n) is 9.81. The summed E-state index contributed by atoms with van der Waals surface area (Å²) < 4.78 is 0. The summed E-state index contributed by atoms with van der Waals surface area (Å²) in [6, 6.07) is 0. The monoisotopic (exact) mass is 423 g/mol. The molecule has 0 saturated carbocycles. The van der Waals surface area contributed by atoms with Gasteiger partial charge in [-0.15, -0.1) is 0 Å². The summed E-state index contributed by atoms with van der Waals surface area (Å²) in [5, 5.41) is 0. The maximum absolute atomic E-state index is 2.55. The lowest BCUT2D eigenvalue weighted by Gasteiger charge is -2.17. The minimum Gasteiger partial charge on any atom is -0.304 e. The van der Waals surface area contributed by atoms with Gasteiger partial charge < -0.3 is 4.90 Å². The lowest BCUT2D eigenvalue weighted by molar-refractivity contribution is 0.295. The Balaban J connectivity index is 3.03. The number of hydrogen-bond acceptors (Lipinski definition) is 1. The summed E-state index contributed by atoms with van der Waals surface area (Å²) in [5.41, 5.74) is 0. The van der Waals surface area contributed by atoms with Crippen molar-refractivity contribution in [2.24, 2.45) is 0 Å². The van der Waals surface area contributed by atoms with Crippen LogP contribution in [0.15, 0.2) is 0 Å². The molecule has 0 atom stereocenters. The highest BCUT2D eigenvalue weighted by Gasteiger charge is 1.98. The maximum atomic E-state index is 2.55. The molecule has 0 saturated heterocycles. The van der Waals surface area contributed by atoms with Gasteiger partial charge in [0, 0.05) is 0 Å². The topological polar surface area (TPSA) is 3.24 Å². The van der Waals surface area contributed by atoms with Crippen LogP contribution in [0.25, 0.3) is 0 Å². The molecule has 0 aliphatic heterocycles. The number of unbranched alkanes of at least 4 members (excludes halogenated alkanes) is 22. The third-order valence-electron chi connectivity index (χ3n) is 6.97. The van der Waals surface area contributed by atoms with Crippen LogP contribution in [0.3, 0.4) is 0 Å². The van der Waals surface area contributed by atoms with E-state index < -0.39 is 0 Å². The van der Waals surface area contributed by atoms with Gasteiger partial charge in [0.15, 0.2) is 0 Å². The lowest BCUT2D eigenvalue weighted by Crippen LogP contribution is -2.23. The SMILES string of the molecule is CCCCCCCCCCCCCCCCCCCCCCCCCN(CC)CC. The Kier molecular flexibility index (Phi) is 27.0. The smallest absolute Gasteiger partial charge is 0.00190 e. The molecule has 0 radical (unpaired) electrons. The van der Waals surface area contributed by atoms with Crippen molar-refractivity contribution in [3.05, 3.63) is 0 Å². The molecule has 0 spiro atoms. The Labute approximate surface area is 193 Å². The molecule has 1 nitrogen and oxygen atoms in total.